The summed E-state index contributed by atoms with van der Waals surface area (Å²) in [4.78, 5) is 0. The summed E-state index contributed by atoms with van der Waals surface area (Å²) in [7, 11) is 0. The molecular weight excluding hydrogens is 225 g/mol. The molecule has 0 aromatic carbocycles. The van der Waals surface area contributed by atoms with E-state index in [4.69, 9.17) is 4.74 Å². The third-order valence-electron chi connectivity index (χ3n) is 1.64. The van der Waals surface area contributed by atoms with Crippen LogP contribution in [0.4, 0.5) is 13.2 Å². The molecule has 1 aromatic heterocycles. The summed E-state index contributed by atoms with van der Waals surface area (Å²) in [5, 5.41) is 3.95. The molecule has 0 aliphatic heterocycles. The van der Waals surface area contributed by atoms with Crippen molar-refractivity contribution in [2.45, 2.75) is 26.1 Å². The minimum atomic E-state index is -4.32. The van der Waals surface area contributed by atoms with E-state index in [2.05, 4.69) is 9.84 Å². The Balaban J connectivity index is 2.21. The van der Waals surface area contributed by atoms with Gasteiger partial charge in [-0.25, -0.2) is 0 Å². The molecule has 0 aliphatic carbocycles. The smallest absolute Gasteiger partial charge is 0.411 e. The fourth-order valence-electron chi connectivity index (χ4n) is 1.04. The van der Waals surface area contributed by atoms with E-state index in [1.165, 1.54) is 6.20 Å². The lowest BCUT2D eigenvalue weighted by Gasteiger charge is -2.07. The molecule has 0 saturated carbocycles. The van der Waals surface area contributed by atoms with Gasteiger partial charge in [-0.3, -0.25) is 4.68 Å². The predicted octanol–water partition coefficient (Wildman–Crippen LogP) is 2.21. The number of halogens is 3. The summed E-state index contributed by atoms with van der Waals surface area (Å²) < 4.78 is 45.9. The van der Waals surface area contributed by atoms with Gasteiger partial charge in [0.1, 0.15) is 6.61 Å². The second-order valence-electron chi connectivity index (χ2n) is 3.16. The van der Waals surface area contributed by atoms with Crippen LogP contribution in [-0.4, -0.2) is 29.4 Å². The summed E-state index contributed by atoms with van der Waals surface area (Å²) in [6.45, 7) is 0.995. The molecule has 0 aliphatic rings. The third-order valence-corrected chi connectivity index (χ3v) is 1.64. The number of nitrogens with zero attached hydrogens (tertiary/aromatic N) is 2. The third kappa shape index (κ3) is 5.01. The maximum Gasteiger partial charge on any atom is 0.411 e. The van der Waals surface area contributed by atoms with E-state index >= 15 is 0 Å². The summed E-state index contributed by atoms with van der Waals surface area (Å²) in [6.07, 6.45) is -0.353. The first-order chi connectivity index (χ1) is 7.51. The van der Waals surface area contributed by atoms with Crippen LogP contribution in [0.15, 0.2) is 12.4 Å². The number of ether oxygens (including phenoxy) is 2. The van der Waals surface area contributed by atoms with Crippen molar-refractivity contribution in [1.82, 2.24) is 9.78 Å². The highest BCUT2D eigenvalue weighted by molar-refractivity contribution is 5.11. The molecule has 7 heteroatoms. The van der Waals surface area contributed by atoms with E-state index in [-0.39, 0.29) is 0 Å². The standard InChI is InChI=1S/C9H13F3N2O2/c1-2-3-14-5-8(4-13-14)16-7-15-6-9(10,11)12/h4-5H,2-3,6-7H2,1H3. The van der Waals surface area contributed by atoms with E-state index in [1.54, 1.807) is 10.9 Å². The lowest BCUT2D eigenvalue weighted by atomic mass is 10.5. The van der Waals surface area contributed by atoms with Gasteiger partial charge in [-0.1, -0.05) is 6.92 Å². The Hall–Kier alpha value is -1.24. The van der Waals surface area contributed by atoms with Crippen molar-refractivity contribution >= 4 is 0 Å². The molecule has 0 spiro atoms. The molecule has 0 amide bonds. The van der Waals surface area contributed by atoms with Crippen molar-refractivity contribution in [2.24, 2.45) is 0 Å². The zero-order valence-corrected chi connectivity index (χ0v) is 8.83. The Bertz CT molecular complexity index is 312. The van der Waals surface area contributed by atoms with Crippen LogP contribution in [-0.2, 0) is 11.3 Å². The molecular formula is C9H13F3N2O2. The molecule has 92 valence electrons. The summed E-state index contributed by atoms with van der Waals surface area (Å²) >= 11 is 0. The minimum absolute atomic E-state index is 0.399. The van der Waals surface area contributed by atoms with Crippen molar-refractivity contribution in [1.29, 1.82) is 0 Å². The number of aromatic nitrogens is 2. The SMILES string of the molecule is CCCn1cc(OCOCC(F)(F)F)cn1. The quantitative estimate of drug-likeness (QED) is 0.563. The summed E-state index contributed by atoms with van der Waals surface area (Å²) in [5.41, 5.74) is 0. The molecule has 0 unspecified atom stereocenters. The molecule has 0 fully saturated rings. The largest absolute Gasteiger partial charge is 0.464 e. The fraction of sp³-hybridized carbons (Fsp3) is 0.667. The van der Waals surface area contributed by atoms with E-state index in [0.29, 0.717) is 5.75 Å². The number of rotatable bonds is 6. The average molecular weight is 238 g/mol. The minimum Gasteiger partial charge on any atom is -0.464 e. The van der Waals surface area contributed by atoms with E-state index in [1.807, 2.05) is 6.92 Å². The molecule has 4 nitrogen and oxygen atoms in total. The van der Waals surface area contributed by atoms with Crippen molar-refractivity contribution in [3.8, 4) is 5.75 Å². The van der Waals surface area contributed by atoms with Gasteiger partial charge in [-0.15, -0.1) is 0 Å². The molecule has 1 aromatic rings. The number of alkyl halides is 3. The van der Waals surface area contributed by atoms with Gasteiger partial charge in [0, 0.05) is 6.54 Å². The van der Waals surface area contributed by atoms with Gasteiger partial charge in [0.25, 0.3) is 0 Å². The lowest BCUT2D eigenvalue weighted by Crippen LogP contribution is -2.18. The van der Waals surface area contributed by atoms with Crippen molar-refractivity contribution in [3.05, 3.63) is 12.4 Å². The number of hydrogen-bond donors (Lipinski definition) is 0. The highest BCUT2D eigenvalue weighted by atomic mass is 19.4. The Morgan fingerprint density at radius 3 is 2.81 bits per heavy atom. The van der Waals surface area contributed by atoms with Crippen LogP contribution in [0, 0.1) is 0 Å². The van der Waals surface area contributed by atoms with E-state index in [9.17, 15) is 13.2 Å². The van der Waals surface area contributed by atoms with Gasteiger partial charge in [0.05, 0.1) is 12.4 Å². The topological polar surface area (TPSA) is 36.3 Å². The first-order valence-corrected chi connectivity index (χ1v) is 4.81. The van der Waals surface area contributed by atoms with Crippen LogP contribution in [0.1, 0.15) is 13.3 Å². The predicted molar refractivity (Wildman–Crippen MR) is 50.0 cm³/mol. The number of hydrogen-bond acceptors (Lipinski definition) is 3. The molecule has 0 atom stereocenters. The van der Waals surface area contributed by atoms with E-state index < -0.39 is 19.6 Å². The highest BCUT2D eigenvalue weighted by Gasteiger charge is 2.27. The average Bonchev–Trinajstić information content (AvgIpc) is 2.60. The van der Waals surface area contributed by atoms with Gasteiger partial charge in [-0.05, 0) is 6.42 Å². The normalized spacial score (nSPS) is 11.8. The maximum atomic E-state index is 11.7. The Labute approximate surface area is 91.0 Å². The molecule has 0 radical (unpaired) electrons. The van der Waals surface area contributed by atoms with Crippen LogP contribution in [0.2, 0.25) is 0 Å². The molecule has 16 heavy (non-hydrogen) atoms. The van der Waals surface area contributed by atoms with Gasteiger partial charge in [0.15, 0.2) is 12.5 Å². The van der Waals surface area contributed by atoms with Crippen LogP contribution in [0.5, 0.6) is 5.75 Å². The second-order valence-corrected chi connectivity index (χ2v) is 3.16. The molecule has 0 N–H and O–H groups in total. The Kier molecular flexibility index (Phi) is 4.60. The van der Waals surface area contributed by atoms with Gasteiger partial charge in [-0.2, -0.15) is 18.3 Å². The lowest BCUT2D eigenvalue weighted by molar-refractivity contribution is -0.186. The van der Waals surface area contributed by atoms with Gasteiger partial charge >= 0.3 is 6.18 Å². The van der Waals surface area contributed by atoms with Crippen molar-refractivity contribution in [2.75, 3.05) is 13.4 Å². The zero-order chi connectivity index (χ0) is 12.0. The monoisotopic (exact) mass is 238 g/mol. The highest BCUT2D eigenvalue weighted by Crippen LogP contribution is 2.15. The first kappa shape index (κ1) is 12.8. The molecule has 1 heterocycles. The molecule has 0 bridgehead atoms. The Morgan fingerprint density at radius 2 is 2.19 bits per heavy atom. The fourth-order valence-corrected chi connectivity index (χ4v) is 1.04. The van der Waals surface area contributed by atoms with E-state index in [0.717, 1.165) is 13.0 Å². The van der Waals surface area contributed by atoms with Crippen LogP contribution >= 0.6 is 0 Å². The maximum absolute atomic E-state index is 11.7. The van der Waals surface area contributed by atoms with Crippen molar-refractivity contribution < 1.29 is 22.6 Å². The van der Waals surface area contributed by atoms with Crippen molar-refractivity contribution in [3.63, 3.8) is 0 Å². The summed E-state index contributed by atoms with van der Waals surface area (Å²) in [6, 6.07) is 0. The van der Waals surface area contributed by atoms with Crippen LogP contribution in [0.3, 0.4) is 0 Å². The Morgan fingerprint density at radius 1 is 1.44 bits per heavy atom. The number of aryl methyl sites for hydroxylation is 1. The molecule has 1 rings (SSSR count). The molecule has 0 saturated heterocycles. The second kappa shape index (κ2) is 5.74. The summed E-state index contributed by atoms with van der Waals surface area (Å²) in [5.74, 6) is 0.399. The first-order valence-electron chi connectivity index (χ1n) is 4.81. The van der Waals surface area contributed by atoms with Gasteiger partial charge in [0.2, 0.25) is 0 Å². The van der Waals surface area contributed by atoms with Crippen LogP contribution in [0.25, 0.3) is 0 Å². The zero-order valence-electron chi connectivity index (χ0n) is 8.83. The van der Waals surface area contributed by atoms with Gasteiger partial charge < -0.3 is 9.47 Å². The van der Waals surface area contributed by atoms with Crippen LogP contribution < -0.4 is 4.74 Å².